The molecule has 2 atom stereocenters. The Labute approximate surface area is 160 Å². The lowest BCUT2D eigenvalue weighted by Gasteiger charge is -2.26. The van der Waals surface area contributed by atoms with E-state index in [4.69, 9.17) is 10.5 Å². The van der Waals surface area contributed by atoms with Crippen LogP contribution < -0.4 is 15.2 Å². The molecule has 1 aliphatic heterocycles. The van der Waals surface area contributed by atoms with Crippen molar-refractivity contribution < 1.29 is 13.2 Å². The average molecular weight is 395 g/mol. The molecule has 7 heteroatoms. The normalized spacial score (nSPS) is 21.3. The van der Waals surface area contributed by atoms with Crippen molar-refractivity contribution in [3.8, 4) is 5.75 Å². The number of aryl methyl sites for hydroxylation is 1. The van der Waals surface area contributed by atoms with Crippen LogP contribution in [0.5, 0.6) is 5.75 Å². The van der Waals surface area contributed by atoms with E-state index < -0.39 is 10.0 Å². The zero-order valence-corrected chi connectivity index (χ0v) is 16.2. The SMILES string of the molecule is CC1Cc2cc(S(=O)(=O)NC3CCCc4cc(N)ccc43)ccc2O1.Cl. The van der Waals surface area contributed by atoms with Crippen LogP contribution in [0.3, 0.4) is 0 Å². The summed E-state index contributed by atoms with van der Waals surface area (Å²) in [5, 5.41) is 0. The van der Waals surface area contributed by atoms with Crippen molar-refractivity contribution >= 4 is 28.1 Å². The molecule has 0 radical (unpaired) electrons. The maximum Gasteiger partial charge on any atom is 0.241 e. The number of halogens is 1. The van der Waals surface area contributed by atoms with Crippen molar-refractivity contribution in [2.75, 3.05) is 5.73 Å². The number of benzene rings is 2. The highest BCUT2D eigenvalue weighted by atomic mass is 35.5. The van der Waals surface area contributed by atoms with Crippen LogP contribution in [0.25, 0.3) is 0 Å². The van der Waals surface area contributed by atoms with Gasteiger partial charge in [-0.2, -0.15) is 0 Å². The summed E-state index contributed by atoms with van der Waals surface area (Å²) in [6.45, 7) is 1.98. The van der Waals surface area contributed by atoms with Crippen LogP contribution in [-0.2, 0) is 22.9 Å². The first kappa shape index (κ1) is 19.0. The summed E-state index contributed by atoms with van der Waals surface area (Å²) in [6.07, 6.45) is 3.51. The highest BCUT2D eigenvalue weighted by Gasteiger charge is 2.27. The Morgan fingerprint density at radius 3 is 2.77 bits per heavy atom. The Balaban J connectivity index is 0.00000196. The largest absolute Gasteiger partial charge is 0.490 e. The quantitative estimate of drug-likeness (QED) is 0.782. The van der Waals surface area contributed by atoms with Gasteiger partial charge < -0.3 is 10.5 Å². The predicted octanol–water partition coefficient (Wildman–Crippen LogP) is 3.37. The molecule has 2 unspecified atom stereocenters. The van der Waals surface area contributed by atoms with E-state index >= 15 is 0 Å². The molecule has 2 aromatic carbocycles. The molecule has 1 heterocycles. The first-order valence-corrected chi connectivity index (χ1v) is 10.1. The molecule has 2 aliphatic rings. The van der Waals surface area contributed by atoms with E-state index in [1.54, 1.807) is 18.2 Å². The smallest absolute Gasteiger partial charge is 0.241 e. The summed E-state index contributed by atoms with van der Waals surface area (Å²) in [7, 11) is -3.59. The second kappa shape index (κ2) is 7.10. The van der Waals surface area contributed by atoms with Crippen molar-refractivity contribution in [1.29, 1.82) is 0 Å². The summed E-state index contributed by atoms with van der Waals surface area (Å²) in [5.41, 5.74) is 9.69. The number of hydrogen-bond donors (Lipinski definition) is 2. The van der Waals surface area contributed by atoms with Gasteiger partial charge in [0.05, 0.1) is 4.90 Å². The highest BCUT2D eigenvalue weighted by molar-refractivity contribution is 7.89. The maximum atomic E-state index is 12.9. The molecule has 2 aromatic rings. The molecule has 5 nitrogen and oxygen atoms in total. The fraction of sp³-hybridized carbons (Fsp3) is 0.368. The fourth-order valence-corrected chi connectivity index (χ4v) is 5.08. The zero-order valence-electron chi connectivity index (χ0n) is 14.6. The minimum absolute atomic E-state index is 0. The standard InChI is InChI=1S/C19H22N2O3S.ClH/c1-12-9-14-11-16(6-8-19(14)24-12)25(22,23)21-18-4-2-3-13-10-15(20)5-7-17(13)18;/h5-8,10-12,18,21H,2-4,9,20H2,1H3;1H. The Morgan fingerprint density at radius 1 is 1.15 bits per heavy atom. The Bertz CT molecular complexity index is 930. The first-order chi connectivity index (χ1) is 11.9. The predicted molar refractivity (Wildman–Crippen MR) is 104 cm³/mol. The van der Waals surface area contributed by atoms with Crippen LogP contribution in [0.2, 0.25) is 0 Å². The van der Waals surface area contributed by atoms with Crippen molar-refractivity contribution in [3.63, 3.8) is 0 Å². The van der Waals surface area contributed by atoms with E-state index in [1.807, 2.05) is 25.1 Å². The van der Waals surface area contributed by atoms with Gasteiger partial charge in [0, 0.05) is 18.2 Å². The summed E-state index contributed by atoms with van der Waals surface area (Å²) in [5.74, 6) is 0.782. The van der Waals surface area contributed by atoms with E-state index in [1.165, 1.54) is 0 Å². The van der Waals surface area contributed by atoms with E-state index in [0.717, 1.165) is 53.8 Å². The third kappa shape index (κ3) is 3.54. The van der Waals surface area contributed by atoms with Crippen LogP contribution in [0.15, 0.2) is 41.3 Å². The monoisotopic (exact) mass is 394 g/mol. The van der Waals surface area contributed by atoms with Gasteiger partial charge in [-0.1, -0.05) is 6.07 Å². The van der Waals surface area contributed by atoms with Gasteiger partial charge in [0.25, 0.3) is 0 Å². The number of hydrogen-bond acceptors (Lipinski definition) is 4. The van der Waals surface area contributed by atoms with Gasteiger partial charge in [-0.3, -0.25) is 0 Å². The van der Waals surface area contributed by atoms with E-state index in [2.05, 4.69) is 4.72 Å². The number of nitrogens with one attached hydrogen (secondary N) is 1. The molecule has 0 saturated heterocycles. The molecular weight excluding hydrogens is 372 g/mol. The van der Waals surface area contributed by atoms with Gasteiger partial charge in [0.1, 0.15) is 11.9 Å². The number of fused-ring (bicyclic) bond motifs is 2. The van der Waals surface area contributed by atoms with Gasteiger partial charge >= 0.3 is 0 Å². The Morgan fingerprint density at radius 2 is 1.96 bits per heavy atom. The van der Waals surface area contributed by atoms with Crippen molar-refractivity contribution in [1.82, 2.24) is 4.72 Å². The van der Waals surface area contributed by atoms with Gasteiger partial charge in [0.15, 0.2) is 0 Å². The molecule has 0 amide bonds. The van der Waals surface area contributed by atoms with Crippen LogP contribution >= 0.6 is 12.4 Å². The molecule has 0 aromatic heterocycles. The number of nitrogens with two attached hydrogens (primary N) is 1. The van der Waals surface area contributed by atoms with Crippen LogP contribution in [0, 0.1) is 0 Å². The third-order valence-electron chi connectivity index (χ3n) is 4.96. The Kier molecular flexibility index (Phi) is 5.19. The number of nitrogen functional groups attached to an aromatic ring is 1. The number of rotatable bonds is 3. The van der Waals surface area contributed by atoms with Gasteiger partial charge in [-0.15, -0.1) is 12.4 Å². The van der Waals surface area contributed by atoms with Crippen molar-refractivity contribution in [2.45, 2.75) is 49.6 Å². The molecule has 3 N–H and O–H groups in total. The summed E-state index contributed by atoms with van der Waals surface area (Å²) in [4.78, 5) is 0.298. The topological polar surface area (TPSA) is 81.4 Å². The average Bonchev–Trinajstić information content (AvgIpc) is 2.93. The molecule has 26 heavy (non-hydrogen) atoms. The number of anilines is 1. The number of sulfonamides is 1. The van der Waals surface area contributed by atoms with Crippen LogP contribution in [-0.4, -0.2) is 14.5 Å². The van der Waals surface area contributed by atoms with Gasteiger partial charge in [-0.25, -0.2) is 13.1 Å². The molecule has 140 valence electrons. The third-order valence-corrected chi connectivity index (χ3v) is 6.43. The molecule has 0 spiro atoms. The van der Waals surface area contributed by atoms with Crippen LogP contribution in [0.4, 0.5) is 5.69 Å². The van der Waals surface area contributed by atoms with Gasteiger partial charge in [0.2, 0.25) is 10.0 Å². The molecular formula is C19H23ClN2O3S. The Hall–Kier alpha value is -1.76. The lowest BCUT2D eigenvalue weighted by molar-refractivity contribution is 0.254. The number of ether oxygens (including phenoxy) is 1. The molecule has 4 rings (SSSR count). The highest BCUT2D eigenvalue weighted by Crippen LogP contribution is 2.34. The van der Waals surface area contributed by atoms with E-state index in [0.29, 0.717) is 4.90 Å². The molecule has 0 fully saturated rings. The van der Waals surface area contributed by atoms with E-state index in [-0.39, 0.29) is 24.6 Å². The van der Waals surface area contributed by atoms with Crippen molar-refractivity contribution in [3.05, 3.63) is 53.1 Å². The van der Waals surface area contributed by atoms with Crippen molar-refractivity contribution in [2.24, 2.45) is 0 Å². The van der Waals surface area contributed by atoms with Crippen LogP contribution in [0.1, 0.15) is 42.5 Å². The molecule has 0 saturated carbocycles. The lowest BCUT2D eigenvalue weighted by Crippen LogP contribution is -2.31. The summed E-state index contributed by atoms with van der Waals surface area (Å²) >= 11 is 0. The lowest BCUT2D eigenvalue weighted by atomic mass is 9.88. The van der Waals surface area contributed by atoms with Gasteiger partial charge in [-0.05, 0) is 73.2 Å². The summed E-state index contributed by atoms with van der Waals surface area (Å²) in [6, 6.07) is 10.6. The second-order valence-corrected chi connectivity index (χ2v) is 8.64. The maximum absolute atomic E-state index is 12.9. The minimum atomic E-state index is -3.59. The van der Waals surface area contributed by atoms with E-state index in [9.17, 15) is 8.42 Å². The molecule has 1 aliphatic carbocycles. The zero-order chi connectivity index (χ0) is 17.6. The summed E-state index contributed by atoms with van der Waals surface area (Å²) < 4.78 is 34.3. The second-order valence-electron chi connectivity index (χ2n) is 6.93. The fourth-order valence-electron chi connectivity index (χ4n) is 3.78. The first-order valence-electron chi connectivity index (χ1n) is 8.62. The minimum Gasteiger partial charge on any atom is -0.490 e. The molecule has 0 bridgehead atoms.